The number of hydrogen-bond acceptors (Lipinski definition) is 3. The highest BCUT2D eigenvalue weighted by Gasteiger charge is 2.24. The van der Waals surface area contributed by atoms with Gasteiger partial charge in [0, 0.05) is 23.1 Å². The molecule has 0 unspecified atom stereocenters. The topological polar surface area (TPSA) is 55.2 Å². The number of rotatable bonds is 2. The number of amides is 1. The zero-order valence-corrected chi connectivity index (χ0v) is 12.2. The van der Waals surface area contributed by atoms with Crippen LogP contribution in [0.1, 0.15) is 26.5 Å². The highest BCUT2D eigenvalue weighted by Crippen LogP contribution is 2.19. The summed E-state index contributed by atoms with van der Waals surface area (Å²) >= 11 is 3.37. The number of fused-ring (bicyclic) bond motifs is 1. The van der Waals surface area contributed by atoms with E-state index in [0.29, 0.717) is 30.9 Å². The Morgan fingerprint density at radius 1 is 1.35 bits per heavy atom. The van der Waals surface area contributed by atoms with Crippen molar-refractivity contribution in [1.29, 1.82) is 0 Å². The summed E-state index contributed by atoms with van der Waals surface area (Å²) < 4.78 is 2.80. The van der Waals surface area contributed by atoms with E-state index in [-0.39, 0.29) is 5.91 Å². The molecule has 20 heavy (non-hydrogen) atoms. The molecule has 3 rings (SSSR count). The van der Waals surface area contributed by atoms with Gasteiger partial charge in [0.15, 0.2) is 6.29 Å². The van der Waals surface area contributed by atoms with E-state index in [9.17, 15) is 9.59 Å². The van der Waals surface area contributed by atoms with Crippen molar-refractivity contribution in [2.24, 2.45) is 0 Å². The number of aromatic nitrogens is 2. The van der Waals surface area contributed by atoms with Crippen molar-refractivity contribution in [3.63, 3.8) is 0 Å². The van der Waals surface area contributed by atoms with Gasteiger partial charge in [0.25, 0.3) is 5.91 Å². The molecule has 0 spiro atoms. The number of nitrogens with zero attached hydrogens (tertiary/aromatic N) is 3. The van der Waals surface area contributed by atoms with Crippen LogP contribution in [0.2, 0.25) is 0 Å². The summed E-state index contributed by atoms with van der Waals surface area (Å²) in [5.74, 6) is -0.0319. The largest absolute Gasteiger partial charge is 0.331 e. The van der Waals surface area contributed by atoms with Gasteiger partial charge in [0.1, 0.15) is 5.69 Å². The van der Waals surface area contributed by atoms with Crippen LogP contribution in [-0.4, -0.2) is 33.2 Å². The second-order valence-corrected chi connectivity index (χ2v) is 5.54. The van der Waals surface area contributed by atoms with Crippen LogP contribution >= 0.6 is 15.9 Å². The normalized spacial score (nSPS) is 13.9. The summed E-state index contributed by atoms with van der Waals surface area (Å²) in [6, 6.07) is 7.31. The first kappa shape index (κ1) is 13.1. The molecule has 5 nitrogen and oxygen atoms in total. The van der Waals surface area contributed by atoms with Crippen molar-refractivity contribution >= 4 is 28.1 Å². The van der Waals surface area contributed by atoms with Crippen molar-refractivity contribution in [2.45, 2.75) is 13.1 Å². The van der Waals surface area contributed by atoms with Crippen LogP contribution in [0.5, 0.6) is 0 Å². The smallest absolute Gasteiger partial charge is 0.254 e. The number of carbonyl (C=O) groups is 2. The van der Waals surface area contributed by atoms with E-state index in [2.05, 4.69) is 20.9 Å². The monoisotopic (exact) mass is 333 g/mol. The summed E-state index contributed by atoms with van der Waals surface area (Å²) in [5.41, 5.74) is 1.85. The van der Waals surface area contributed by atoms with Crippen molar-refractivity contribution in [3.05, 3.63) is 52.0 Å². The minimum absolute atomic E-state index is 0.0319. The van der Waals surface area contributed by atoms with Gasteiger partial charge in [-0.15, -0.1) is 0 Å². The van der Waals surface area contributed by atoms with E-state index in [4.69, 9.17) is 0 Å². The van der Waals surface area contributed by atoms with Gasteiger partial charge >= 0.3 is 0 Å². The van der Waals surface area contributed by atoms with Gasteiger partial charge in [-0.05, 0) is 18.2 Å². The summed E-state index contributed by atoms with van der Waals surface area (Å²) in [6.45, 7) is 1.70. The number of hydrogen-bond donors (Lipinski definition) is 0. The predicted octanol–water partition coefficient (Wildman–Crippen LogP) is 2.11. The van der Waals surface area contributed by atoms with Crippen LogP contribution in [0.15, 0.2) is 35.1 Å². The maximum Gasteiger partial charge on any atom is 0.254 e. The fourth-order valence-corrected chi connectivity index (χ4v) is 2.75. The Balaban J connectivity index is 1.86. The Bertz CT molecular complexity index is 681. The van der Waals surface area contributed by atoms with Gasteiger partial charge in [-0.1, -0.05) is 22.0 Å². The summed E-state index contributed by atoms with van der Waals surface area (Å²) in [4.78, 5) is 29.2. The second kappa shape index (κ2) is 5.20. The van der Waals surface area contributed by atoms with E-state index >= 15 is 0 Å². The first-order valence-electron chi connectivity index (χ1n) is 6.23. The Kier molecular flexibility index (Phi) is 3.40. The molecule has 2 aromatic rings. The lowest BCUT2D eigenvalue weighted by atomic mass is 10.1. The van der Waals surface area contributed by atoms with Crippen molar-refractivity contribution in [1.82, 2.24) is 14.5 Å². The van der Waals surface area contributed by atoms with Gasteiger partial charge in [0.05, 0.1) is 18.6 Å². The maximum absolute atomic E-state index is 12.5. The predicted molar refractivity (Wildman–Crippen MR) is 76.5 cm³/mol. The first-order chi connectivity index (χ1) is 9.69. The molecular formula is C14H12BrN3O2. The fraction of sp³-hybridized carbons (Fsp3) is 0.214. The van der Waals surface area contributed by atoms with E-state index in [1.165, 1.54) is 0 Å². The molecular weight excluding hydrogens is 322 g/mol. The SMILES string of the molecule is O=Cc1ncn2c1CN(C(=O)c1cccc(Br)c1)CC2. The van der Waals surface area contributed by atoms with Crippen LogP contribution in [0.4, 0.5) is 0 Å². The molecule has 0 aliphatic carbocycles. The van der Waals surface area contributed by atoms with Crippen molar-refractivity contribution in [3.8, 4) is 0 Å². The molecule has 1 aliphatic rings. The van der Waals surface area contributed by atoms with E-state index in [1.54, 1.807) is 23.4 Å². The lowest BCUT2D eigenvalue weighted by Crippen LogP contribution is -2.38. The second-order valence-electron chi connectivity index (χ2n) is 4.62. The Morgan fingerprint density at radius 2 is 2.20 bits per heavy atom. The quantitative estimate of drug-likeness (QED) is 0.791. The van der Waals surface area contributed by atoms with E-state index in [1.807, 2.05) is 16.7 Å². The number of benzene rings is 1. The molecule has 102 valence electrons. The lowest BCUT2D eigenvalue weighted by Gasteiger charge is -2.28. The average molecular weight is 334 g/mol. The van der Waals surface area contributed by atoms with Crippen molar-refractivity contribution < 1.29 is 9.59 Å². The molecule has 0 radical (unpaired) electrons. The lowest BCUT2D eigenvalue weighted by molar-refractivity contribution is 0.0709. The summed E-state index contributed by atoms with van der Waals surface area (Å²) in [7, 11) is 0. The third-order valence-electron chi connectivity index (χ3n) is 3.40. The zero-order valence-electron chi connectivity index (χ0n) is 10.6. The van der Waals surface area contributed by atoms with Gasteiger partial charge in [-0.2, -0.15) is 0 Å². The number of aldehydes is 1. The van der Waals surface area contributed by atoms with E-state index < -0.39 is 0 Å². The molecule has 1 aliphatic heterocycles. The molecule has 2 heterocycles. The number of carbonyl (C=O) groups excluding carboxylic acids is 2. The highest BCUT2D eigenvalue weighted by atomic mass is 79.9. The van der Waals surface area contributed by atoms with Crippen LogP contribution < -0.4 is 0 Å². The van der Waals surface area contributed by atoms with Gasteiger partial charge in [-0.25, -0.2) is 4.98 Å². The fourth-order valence-electron chi connectivity index (χ4n) is 2.35. The minimum atomic E-state index is -0.0319. The Morgan fingerprint density at radius 3 is 2.95 bits per heavy atom. The first-order valence-corrected chi connectivity index (χ1v) is 7.02. The number of imidazole rings is 1. The van der Waals surface area contributed by atoms with Crippen LogP contribution in [0.3, 0.4) is 0 Å². The molecule has 1 aromatic carbocycles. The Labute approximate surface area is 124 Å². The number of halogens is 1. The molecule has 0 saturated carbocycles. The molecule has 1 aromatic heterocycles. The van der Waals surface area contributed by atoms with Gasteiger partial charge in [-0.3, -0.25) is 9.59 Å². The third-order valence-corrected chi connectivity index (χ3v) is 3.89. The average Bonchev–Trinajstić information content (AvgIpc) is 2.88. The molecule has 0 atom stereocenters. The molecule has 0 N–H and O–H groups in total. The van der Waals surface area contributed by atoms with Gasteiger partial charge < -0.3 is 9.47 Å². The van der Waals surface area contributed by atoms with Gasteiger partial charge in [0.2, 0.25) is 0 Å². The molecule has 0 bridgehead atoms. The summed E-state index contributed by atoms with van der Waals surface area (Å²) in [5, 5.41) is 0. The molecule has 0 saturated heterocycles. The van der Waals surface area contributed by atoms with Crippen LogP contribution in [0.25, 0.3) is 0 Å². The maximum atomic E-state index is 12.5. The minimum Gasteiger partial charge on any atom is -0.331 e. The molecule has 6 heteroatoms. The van der Waals surface area contributed by atoms with Crippen molar-refractivity contribution in [2.75, 3.05) is 6.54 Å². The third kappa shape index (κ3) is 2.27. The van der Waals surface area contributed by atoms with Crippen LogP contribution in [-0.2, 0) is 13.1 Å². The summed E-state index contributed by atoms with van der Waals surface area (Å²) in [6.07, 6.45) is 2.39. The molecule has 1 amide bonds. The van der Waals surface area contributed by atoms with Crippen LogP contribution in [0, 0.1) is 0 Å². The zero-order chi connectivity index (χ0) is 14.1. The standard InChI is InChI=1S/C14H12BrN3O2/c15-11-3-1-2-10(6-11)14(20)17-4-5-18-9-16-12(8-19)13(18)7-17/h1-3,6,8-9H,4-5,7H2. The highest BCUT2D eigenvalue weighted by molar-refractivity contribution is 9.10. The Hall–Kier alpha value is -1.95. The molecule has 0 fully saturated rings. The van der Waals surface area contributed by atoms with E-state index in [0.717, 1.165) is 16.5 Å².